The van der Waals surface area contributed by atoms with Crippen LogP contribution in [0.15, 0.2) is 69.6 Å². The summed E-state index contributed by atoms with van der Waals surface area (Å²) in [4.78, 5) is 12.0. The van der Waals surface area contributed by atoms with Gasteiger partial charge in [0.25, 0.3) is 5.91 Å². The number of carbonyl (C=O) groups is 1. The lowest BCUT2D eigenvalue weighted by Crippen LogP contribution is -2.28. The van der Waals surface area contributed by atoms with Crippen molar-refractivity contribution in [1.29, 1.82) is 0 Å². The Hall–Kier alpha value is -2.53. The highest BCUT2D eigenvalue weighted by molar-refractivity contribution is 9.10. The van der Waals surface area contributed by atoms with Crippen LogP contribution in [0.1, 0.15) is 37.5 Å². The van der Waals surface area contributed by atoms with E-state index in [-0.39, 0.29) is 12.5 Å². The minimum atomic E-state index is -0.187. The van der Waals surface area contributed by atoms with E-state index in [9.17, 15) is 4.79 Å². The molecule has 1 atom stereocenters. The number of carbonyl (C=O) groups excluding carboxylic acids is 1. The second-order valence-corrected chi connectivity index (χ2v) is 7.63. The van der Waals surface area contributed by atoms with Gasteiger partial charge in [0.1, 0.15) is 17.3 Å². The lowest BCUT2D eigenvalue weighted by molar-refractivity contribution is -0.123. The van der Waals surface area contributed by atoms with Crippen molar-refractivity contribution in [3.8, 4) is 17.1 Å². The number of hydrogen-bond acceptors (Lipinski definition) is 3. The van der Waals surface area contributed by atoms with Gasteiger partial charge in [0.05, 0.1) is 6.54 Å². The molecule has 3 rings (SSSR count). The van der Waals surface area contributed by atoms with Crippen LogP contribution >= 0.6 is 15.9 Å². The molecule has 28 heavy (non-hydrogen) atoms. The van der Waals surface area contributed by atoms with Crippen molar-refractivity contribution < 1.29 is 13.9 Å². The zero-order chi connectivity index (χ0) is 19.9. The Labute approximate surface area is 174 Å². The molecule has 1 N–H and O–H groups in total. The van der Waals surface area contributed by atoms with Crippen LogP contribution in [0.2, 0.25) is 0 Å². The van der Waals surface area contributed by atoms with Crippen LogP contribution < -0.4 is 10.1 Å². The van der Waals surface area contributed by atoms with E-state index in [1.54, 1.807) is 0 Å². The fraction of sp³-hybridized carbons (Fsp3) is 0.261. The fourth-order valence-electron chi connectivity index (χ4n) is 2.76. The third-order valence-corrected chi connectivity index (χ3v) is 5.21. The normalized spacial score (nSPS) is 11.8. The van der Waals surface area contributed by atoms with E-state index in [0.29, 0.717) is 24.0 Å². The van der Waals surface area contributed by atoms with Crippen molar-refractivity contribution >= 4 is 21.8 Å². The van der Waals surface area contributed by atoms with Crippen molar-refractivity contribution in [3.63, 3.8) is 0 Å². The Morgan fingerprint density at radius 3 is 2.46 bits per heavy atom. The molecule has 3 aromatic rings. The van der Waals surface area contributed by atoms with Gasteiger partial charge in [0.15, 0.2) is 6.61 Å². The molecule has 0 radical (unpaired) electrons. The van der Waals surface area contributed by atoms with Crippen LogP contribution in [-0.4, -0.2) is 12.5 Å². The van der Waals surface area contributed by atoms with Crippen molar-refractivity contribution in [2.45, 2.75) is 32.7 Å². The summed E-state index contributed by atoms with van der Waals surface area (Å²) >= 11 is 3.42. The standard InChI is InChI=1S/C23H24BrNO3/c1-3-16(2)17-6-10-20(11-7-17)27-15-23(26)25-14-21-12-13-22(28-21)18-4-8-19(24)9-5-18/h4-13,16H,3,14-15H2,1-2H3,(H,25,26)/t16-/m0/s1. The number of hydrogen-bond donors (Lipinski definition) is 1. The topological polar surface area (TPSA) is 51.5 Å². The predicted octanol–water partition coefficient (Wildman–Crippen LogP) is 5.92. The molecule has 0 fully saturated rings. The summed E-state index contributed by atoms with van der Waals surface area (Å²) in [5.41, 5.74) is 2.27. The maximum absolute atomic E-state index is 12.0. The molecule has 5 heteroatoms. The smallest absolute Gasteiger partial charge is 0.258 e. The Kier molecular flexibility index (Phi) is 6.93. The van der Waals surface area contributed by atoms with Gasteiger partial charge in [-0.3, -0.25) is 4.79 Å². The van der Waals surface area contributed by atoms with Crippen LogP contribution in [0.25, 0.3) is 11.3 Å². The highest BCUT2D eigenvalue weighted by atomic mass is 79.9. The molecule has 146 valence electrons. The molecular weight excluding hydrogens is 418 g/mol. The fourth-order valence-corrected chi connectivity index (χ4v) is 3.02. The van der Waals surface area contributed by atoms with Crippen LogP contribution in [0.5, 0.6) is 5.75 Å². The maximum Gasteiger partial charge on any atom is 0.258 e. The minimum absolute atomic E-state index is 0.0248. The highest BCUT2D eigenvalue weighted by Crippen LogP contribution is 2.24. The minimum Gasteiger partial charge on any atom is -0.484 e. The second kappa shape index (κ2) is 9.60. The Morgan fingerprint density at radius 2 is 1.79 bits per heavy atom. The van der Waals surface area contributed by atoms with E-state index >= 15 is 0 Å². The lowest BCUT2D eigenvalue weighted by Gasteiger charge is -2.10. The first-order valence-corrected chi connectivity index (χ1v) is 10.2. The largest absolute Gasteiger partial charge is 0.484 e. The molecule has 0 aliphatic rings. The molecule has 2 aromatic carbocycles. The first kappa shape index (κ1) is 20.2. The quantitative estimate of drug-likeness (QED) is 0.471. The molecule has 1 aromatic heterocycles. The number of rotatable bonds is 8. The van der Waals surface area contributed by atoms with Gasteiger partial charge in [-0.2, -0.15) is 0 Å². The van der Waals surface area contributed by atoms with Gasteiger partial charge in [0.2, 0.25) is 0 Å². The van der Waals surface area contributed by atoms with Crippen molar-refractivity contribution in [2.24, 2.45) is 0 Å². The number of furan rings is 1. The van der Waals surface area contributed by atoms with Gasteiger partial charge in [-0.15, -0.1) is 0 Å². The highest BCUT2D eigenvalue weighted by Gasteiger charge is 2.08. The first-order valence-electron chi connectivity index (χ1n) is 9.39. The van der Waals surface area contributed by atoms with Crippen LogP contribution in [-0.2, 0) is 11.3 Å². The Bertz CT molecular complexity index is 900. The molecule has 0 unspecified atom stereocenters. The molecule has 0 aliphatic heterocycles. The first-order chi connectivity index (χ1) is 13.5. The number of halogens is 1. The zero-order valence-corrected chi connectivity index (χ0v) is 17.7. The number of amides is 1. The molecule has 1 heterocycles. The van der Waals surface area contributed by atoms with Gasteiger partial charge in [-0.05, 0) is 54.3 Å². The Balaban J connectivity index is 1.46. The summed E-state index contributed by atoms with van der Waals surface area (Å²) in [7, 11) is 0. The average molecular weight is 442 g/mol. The molecule has 0 bridgehead atoms. The summed E-state index contributed by atoms with van der Waals surface area (Å²) < 4.78 is 12.4. The number of nitrogens with one attached hydrogen (secondary N) is 1. The molecular formula is C23H24BrNO3. The lowest BCUT2D eigenvalue weighted by atomic mass is 9.99. The SMILES string of the molecule is CC[C@H](C)c1ccc(OCC(=O)NCc2ccc(-c3ccc(Br)cc3)o2)cc1. The zero-order valence-electron chi connectivity index (χ0n) is 16.1. The van der Waals surface area contributed by atoms with E-state index < -0.39 is 0 Å². The summed E-state index contributed by atoms with van der Waals surface area (Å²) in [6, 6.07) is 19.6. The molecule has 0 aliphatic carbocycles. The van der Waals surface area contributed by atoms with E-state index in [2.05, 4.69) is 35.1 Å². The molecule has 4 nitrogen and oxygen atoms in total. The van der Waals surface area contributed by atoms with Crippen LogP contribution in [0.3, 0.4) is 0 Å². The van der Waals surface area contributed by atoms with E-state index in [0.717, 1.165) is 22.2 Å². The molecule has 0 saturated carbocycles. The monoisotopic (exact) mass is 441 g/mol. The summed E-state index contributed by atoms with van der Waals surface area (Å²) in [6.45, 7) is 4.66. The van der Waals surface area contributed by atoms with Gasteiger partial charge in [0, 0.05) is 10.0 Å². The van der Waals surface area contributed by atoms with E-state index in [4.69, 9.17) is 9.15 Å². The van der Waals surface area contributed by atoms with Crippen molar-refractivity contribution in [3.05, 3.63) is 76.5 Å². The van der Waals surface area contributed by atoms with Gasteiger partial charge in [-0.25, -0.2) is 0 Å². The predicted molar refractivity (Wildman–Crippen MR) is 114 cm³/mol. The van der Waals surface area contributed by atoms with Crippen molar-refractivity contribution in [1.82, 2.24) is 5.32 Å². The molecule has 1 amide bonds. The van der Waals surface area contributed by atoms with Gasteiger partial charge >= 0.3 is 0 Å². The van der Waals surface area contributed by atoms with E-state index in [1.807, 2.05) is 60.7 Å². The summed E-state index contributed by atoms with van der Waals surface area (Å²) in [6.07, 6.45) is 1.10. The van der Waals surface area contributed by atoms with Crippen LogP contribution in [0.4, 0.5) is 0 Å². The average Bonchev–Trinajstić information content (AvgIpc) is 3.20. The molecule has 0 spiro atoms. The summed E-state index contributed by atoms with van der Waals surface area (Å²) in [5.74, 6) is 2.50. The van der Waals surface area contributed by atoms with Crippen molar-refractivity contribution in [2.75, 3.05) is 6.61 Å². The van der Waals surface area contributed by atoms with Crippen LogP contribution in [0, 0.1) is 0 Å². The summed E-state index contributed by atoms with van der Waals surface area (Å²) in [5, 5.41) is 2.82. The molecule has 0 saturated heterocycles. The maximum atomic E-state index is 12.0. The van der Waals surface area contributed by atoms with Gasteiger partial charge in [-0.1, -0.05) is 54.0 Å². The number of benzene rings is 2. The van der Waals surface area contributed by atoms with Gasteiger partial charge < -0.3 is 14.5 Å². The third kappa shape index (κ3) is 5.49. The number of ether oxygens (including phenoxy) is 1. The Morgan fingerprint density at radius 1 is 1.07 bits per heavy atom. The van der Waals surface area contributed by atoms with E-state index in [1.165, 1.54) is 5.56 Å². The third-order valence-electron chi connectivity index (χ3n) is 4.68. The second-order valence-electron chi connectivity index (χ2n) is 6.72.